The normalized spacial score (nSPS) is 11.1. The number of urea groups is 1. The summed E-state index contributed by atoms with van der Waals surface area (Å²) in [4.78, 5) is 19.8. The van der Waals surface area contributed by atoms with E-state index in [0.717, 1.165) is 11.1 Å². The van der Waals surface area contributed by atoms with Gasteiger partial charge in [-0.25, -0.2) is 22.9 Å². The number of amides is 2. The Morgan fingerprint density at radius 3 is 2.75 bits per heavy atom. The van der Waals surface area contributed by atoms with Crippen LogP contribution in [0.5, 0.6) is 0 Å². The molecule has 0 radical (unpaired) electrons. The maximum Gasteiger partial charge on any atom is 0.319 e. The average molecular weight is 349 g/mol. The SMILES string of the molecule is CNS(=O)(=O)c1ncccc1NC(=O)NCCc1ccncc1C. The van der Waals surface area contributed by atoms with E-state index >= 15 is 0 Å². The van der Waals surface area contributed by atoms with Crippen molar-refractivity contribution in [1.29, 1.82) is 0 Å². The minimum atomic E-state index is -3.75. The van der Waals surface area contributed by atoms with Gasteiger partial charge in [0.05, 0.1) is 5.69 Å². The summed E-state index contributed by atoms with van der Waals surface area (Å²) in [5.74, 6) is 0. The van der Waals surface area contributed by atoms with E-state index in [1.807, 2.05) is 13.0 Å². The number of carbonyl (C=O) groups excluding carboxylic acids is 1. The van der Waals surface area contributed by atoms with Gasteiger partial charge in [-0.3, -0.25) is 4.98 Å². The molecule has 0 fully saturated rings. The summed E-state index contributed by atoms with van der Waals surface area (Å²) in [6.07, 6.45) is 5.46. The zero-order valence-electron chi connectivity index (χ0n) is 13.4. The molecular weight excluding hydrogens is 330 g/mol. The van der Waals surface area contributed by atoms with Crippen LogP contribution in [0.25, 0.3) is 0 Å². The quantitative estimate of drug-likeness (QED) is 0.722. The lowest BCUT2D eigenvalue weighted by atomic mass is 10.1. The summed E-state index contributed by atoms with van der Waals surface area (Å²) >= 11 is 0. The third-order valence-electron chi connectivity index (χ3n) is 3.36. The number of sulfonamides is 1. The van der Waals surface area contributed by atoms with Gasteiger partial charge in [0.1, 0.15) is 0 Å². The Balaban J connectivity index is 1.97. The molecule has 0 aliphatic heterocycles. The second-order valence-electron chi connectivity index (χ2n) is 5.00. The number of nitrogens with zero attached hydrogens (tertiary/aromatic N) is 2. The Labute approximate surface area is 140 Å². The predicted molar refractivity (Wildman–Crippen MR) is 90.2 cm³/mol. The molecule has 0 saturated carbocycles. The van der Waals surface area contributed by atoms with E-state index in [9.17, 15) is 13.2 Å². The van der Waals surface area contributed by atoms with Gasteiger partial charge in [-0.1, -0.05) is 0 Å². The molecule has 0 atom stereocenters. The fraction of sp³-hybridized carbons (Fsp3) is 0.267. The van der Waals surface area contributed by atoms with E-state index < -0.39 is 16.1 Å². The second kappa shape index (κ2) is 7.84. The number of aryl methyl sites for hydroxylation is 1. The van der Waals surface area contributed by atoms with Crippen LogP contribution in [0.15, 0.2) is 41.8 Å². The Kier molecular flexibility index (Phi) is 5.83. The topological polar surface area (TPSA) is 113 Å². The highest BCUT2D eigenvalue weighted by atomic mass is 32.2. The standard InChI is InChI=1S/C15H19N5O3S/c1-11-10-17-8-5-12(11)6-9-19-15(21)20-13-4-3-7-18-14(13)24(22,23)16-2/h3-5,7-8,10,16H,6,9H2,1-2H3,(H2,19,20,21). The largest absolute Gasteiger partial charge is 0.338 e. The molecule has 0 unspecified atom stereocenters. The summed E-state index contributed by atoms with van der Waals surface area (Å²) in [5.41, 5.74) is 2.25. The maximum absolute atomic E-state index is 12.0. The van der Waals surface area contributed by atoms with Gasteiger partial charge in [0.15, 0.2) is 5.03 Å². The number of aromatic nitrogens is 2. The Morgan fingerprint density at radius 2 is 2.04 bits per heavy atom. The molecule has 0 aliphatic carbocycles. The number of hydrogen-bond acceptors (Lipinski definition) is 5. The van der Waals surface area contributed by atoms with Gasteiger partial charge in [0, 0.05) is 25.1 Å². The van der Waals surface area contributed by atoms with Crippen LogP contribution < -0.4 is 15.4 Å². The van der Waals surface area contributed by atoms with Gasteiger partial charge in [0.25, 0.3) is 10.0 Å². The van der Waals surface area contributed by atoms with Gasteiger partial charge >= 0.3 is 6.03 Å². The summed E-state index contributed by atoms with van der Waals surface area (Å²) < 4.78 is 26.0. The molecule has 2 aromatic heterocycles. The van der Waals surface area contributed by atoms with E-state index in [-0.39, 0.29) is 10.7 Å². The van der Waals surface area contributed by atoms with Gasteiger partial charge in [-0.05, 0) is 49.7 Å². The Morgan fingerprint density at radius 1 is 1.25 bits per heavy atom. The van der Waals surface area contributed by atoms with Crippen molar-refractivity contribution in [2.45, 2.75) is 18.4 Å². The van der Waals surface area contributed by atoms with E-state index in [1.165, 1.54) is 19.3 Å². The van der Waals surface area contributed by atoms with E-state index in [4.69, 9.17) is 0 Å². The number of hydrogen-bond donors (Lipinski definition) is 3. The second-order valence-corrected chi connectivity index (χ2v) is 6.80. The third kappa shape index (κ3) is 4.49. The van der Waals surface area contributed by atoms with E-state index in [1.54, 1.807) is 18.5 Å². The van der Waals surface area contributed by atoms with Crippen molar-refractivity contribution in [2.24, 2.45) is 0 Å². The van der Waals surface area contributed by atoms with Crippen molar-refractivity contribution in [3.05, 3.63) is 47.9 Å². The van der Waals surface area contributed by atoms with E-state index in [0.29, 0.717) is 13.0 Å². The molecule has 2 heterocycles. The first-order valence-corrected chi connectivity index (χ1v) is 8.75. The molecule has 3 N–H and O–H groups in total. The number of carbonyl (C=O) groups is 1. The van der Waals surface area contributed by atoms with Crippen molar-refractivity contribution in [1.82, 2.24) is 20.0 Å². The molecule has 0 saturated heterocycles. The molecule has 0 spiro atoms. The van der Waals surface area contributed by atoms with Crippen LogP contribution in [0, 0.1) is 6.92 Å². The van der Waals surface area contributed by atoms with E-state index in [2.05, 4.69) is 25.3 Å². The van der Waals surface area contributed by atoms with Gasteiger partial charge in [-0.2, -0.15) is 0 Å². The van der Waals surface area contributed by atoms with Gasteiger partial charge in [0.2, 0.25) is 0 Å². The van der Waals surface area contributed by atoms with Crippen LogP contribution in [-0.2, 0) is 16.4 Å². The van der Waals surface area contributed by atoms with Crippen molar-refractivity contribution in [3.63, 3.8) is 0 Å². The van der Waals surface area contributed by atoms with Crippen LogP contribution in [0.4, 0.5) is 10.5 Å². The summed E-state index contributed by atoms with van der Waals surface area (Å²) in [7, 11) is -2.47. The molecule has 2 rings (SSSR count). The maximum atomic E-state index is 12.0. The first-order chi connectivity index (χ1) is 11.4. The first kappa shape index (κ1) is 17.8. The highest BCUT2D eigenvalue weighted by Crippen LogP contribution is 2.17. The predicted octanol–water partition coefficient (Wildman–Crippen LogP) is 1.06. The summed E-state index contributed by atoms with van der Waals surface area (Å²) in [6.45, 7) is 2.36. The minimum Gasteiger partial charge on any atom is -0.338 e. The molecule has 24 heavy (non-hydrogen) atoms. The fourth-order valence-electron chi connectivity index (χ4n) is 2.06. The van der Waals surface area contributed by atoms with Crippen LogP contribution in [0.3, 0.4) is 0 Å². The van der Waals surface area contributed by atoms with Gasteiger partial charge < -0.3 is 10.6 Å². The van der Waals surface area contributed by atoms with Crippen LogP contribution in [0.1, 0.15) is 11.1 Å². The fourth-order valence-corrected chi connectivity index (χ4v) is 2.86. The summed E-state index contributed by atoms with van der Waals surface area (Å²) in [5, 5.41) is 4.97. The molecule has 0 bridgehead atoms. The van der Waals surface area contributed by atoms with Gasteiger partial charge in [-0.15, -0.1) is 0 Å². The van der Waals surface area contributed by atoms with Crippen LogP contribution in [0.2, 0.25) is 0 Å². The monoisotopic (exact) mass is 349 g/mol. The van der Waals surface area contributed by atoms with Crippen molar-refractivity contribution >= 4 is 21.7 Å². The lowest BCUT2D eigenvalue weighted by molar-refractivity contribution is 0.252. The number of anilines is 1. The van der Waals surface area contributed by atoms with Crippen molar-refractivity contribution in [3.8, 4) is 0 Å². The smallest absolute Gasteiger partial charge is 0.319 e. The molecule has 2 amide bonds. The highest BCUT2D eigenvalue weighted by Gasteiger charge is 2.19. The molecule has 2 aromatic rings. The zero-order chi connectivity index (χ0) is 17.6. The first-order valence-electron chi connectivity index (χ1n) is 7.27. The lowest BCUT2D eigenvalue weighted by Gasteiger charge is -2.11. The Bertz CT molecular complexity index is 823. The molecule has 9 heteroatoms. The van der Waals surface area contributed by atoms with Crippen LogP contribution in [-0.4, -0.2) is 38.0 Å². The van der Waals surface area contributed by atoms with Crippen molar-refractivity contribution in [2.75, 3.05) is 18.9 Å². The van der Waals surface area contributed by atoms with Crippen molar-refractivity contribution < 1.29 is 13.2 Å². The molecule has 0 aliphatic rings. The lowest BCUT2D eigenvalue weighted by Crippen LogP contribution is -2.32. The number of pyridine rings is 2. The minimum absolute atomic E-state index is 0.115. The molecule has 128 valence electrons. The average Bonchev–Trinajstić information content (AvgIpc) is 2.57. The third-order valence-corrected chi connectivity index (χ3v) is 4.73. The number of rotatable bonds is 6. The summed E-state index contributed by atoms with van der Waals surface area (Å²) in [6, 6.07) is 4.42. The zero-order valence-corrected chi connectivity index (χ0v) is 14.2. The Hall–Kier alpha value is -2.52. The van der Waals surface area contributed by atoms with Crippen LogP contribution >= 0.6 is 0 Å². The highest BCUT2D eigenvalue weighted by molar-refractivity contribution is 7.89. The number of nitrogens with one attached hydrogen (secondary N) is 3. The molecular formula is C15H19N5O3S. The molecule has 0 aromatic carbocycles. The molecule has 8 nitrogen and oxygen atoms in total.